The van der Waals surface area contributed by atoms with Crippen molar-refractivity contribution in [3.63, 3.8) is 0 Å². The van der Waals surface area contributed by atoms with E-state index in [9.17, 15) is 0 Å². The number of hydrogen-bond donors (Lipinski definition) is 1. The molecule has 1 saturated carbocycles. The molecule has 0 spiro atoms. The van der Waals surface area contributed by atoms with Crippen molar-refractivity contribution in [2.75, 3.05) is 26.7 Å². The van der Waals surface area contributed by atoms with Gasteiger partial charge in [-0.1, -0.05) is 12.1 Å². The van der Waals surface area contributed by atoms with Gasteiger partial charge in [-0.15, -0.1) is 0 Å². The zero-order valence-corrected chi connectivity index (χ0v) is 11.5. The molecule has 3 heteroatoms. The summed E-state index contributed by atoms with van der Waals surface area (Å²) in [5.74, 6) is 0.965. The van der Waals surface area contributed by atoms with Gasteiger partial charge in [0, 0.05) is 25.7 Å². The van der Waals surface area contributed by atoms with E-state index in [0.717, 1.165) is 38.0 Å². The molecule has 0 heterocycles. The fraction of sp³-hybridized carbons (Fsp3) is 0.600. The maximum atomic E-state index is 5.49. The molecule has 0 amide bonds. The van der Waals surface area contributed by atoms with Gasteiger partial charge in [0.15, 0.2) is 0 Å². The molecular formula is C15H24N2O. The van der Waals surface area contributed by atoms with Gasteiger partial charge < -0.3 is 15.0 Å². The van der Waals surface area contributed by atoms with Gasteiger partial charge in [0.25, 0.3) is 0 Å². The molecule has 1 fully saturated rings. The molecule has 2 rings (SSSR count). The molecule has 0 saturated heterocycles. The Morgan fingerprint density at radius 2 is 2.22 bits per heavy atom. The van der Waals surface area contributed by atoms with Crippen LogP contribution in [-0.2, 0) is 6.54 Å². The van der Waals surface area contributed by atoms with Crippen molar-refractivity contribution in [2.24, 2.45) is 0 Å². The van der Waals surface area contributed by atoms with Gasteiger partial charge >= 0.3 is 0 Å². The summed E-state index contributed by atoms with van der Waals surface area (Å²) in [5.41, 5.74) is 1.29. The quantitative estimate of drug-likeness (QED) is 0.714. The second-order valence-electron chi connectivity index (χ2n) is 4.97. The maximum absolute atomic E-state index is 5.49. The van der Waals surface area contributed by atoms with Crippen molar-refractivity contribution in [1.82, 2.24) is 10.2 Å². The van der Waals surface area contributed by atoms with Gasteiger partial charge in [-0.2, -0.15) is 0 Å². The summed E-state index contributed by atoms with van der Waals surface area (Å²) in [4.78, 5) is 2.45. The first-order valence-corrected chi connectivity index (χ1v) is 6.92. The summed E-state index contributed by atoms with van der Waals surface area (Å²) in [6.07, 6.45) is 2.76. The number of rotatable bonds is 8. The lowest BCUT2D eigenvalue weighted by atomic mass is 10.2. The molecule has 0 bridgehead atoms. The lowest BCUT2D eigenvalue weighted by Crippen LogP contribution is -2.30. The number of benzene rings is 1. The average molecular weight is 248 g/mol. The van der Waals surface area contributed by atoms with Crippen LogP contribution in [0, 0.1) is 0 Å². The normalized spacial score (nSPS) is 15.1. The fourth-order valence-corrected chi connectivity index (χ4v) is 2.10. The fourth-order valence-electron chi connectivity index (χ4n) is 2.10. The molecular weight excluding hydrogens is 224 g/mol. The van der Waals surface area contributed by atoms with Crippen LogP contribution in [0.15, 0.2) is 24.3 Å². The van der Waals surface area contributed by atoms with Crippen LogP contribution < -0.4 is 10.1 Å². The third-order valence-electron chi connectivity index (χ3n) is 3.35. The molecule has 18 heavy (non-hydrogen) atoms. The third-order valence-corrected chi connectivity index (χ3v) is 3.35. The van der Waals surface area contributed by atoms with Gasteiger partial charge in [0.2, 0.25) is 0 Å². The third kappa shape index (κ3) is 4.31. The minimum absolute atomic E-state index is 0.725. The maximum Gasteiger partial charge on any atom is 0.119 e. The Kier molecular flexibility index (Phi) is 5.02. The van der Waals surface area contributed by atoms with E-state index in [1.165, 1.54) is 18.4 Å². The number of nitrogens with zero attached hydrogens (tertiary/aromatic N) is 1. The summed E-state index contributed by atoms with van der Waals surface area (Å²) in [6.45, 7) is 5.84. The van der Waals surface area contributed by atoms with Gasteiger partial charge in [-0.25, -0.2) is 0 Å². The monoisotopic (exact) mass is 248 g/mol. The Labute approximate surface area is 110 Å². The first-order valence-electron chi connectivity index (χ1n) is 6.92. The predicted molar refractivity (Wildman–Crippen MR) is 75.0 cm³/mol. The van der Waals surface area contributed by atoms with Crippen molar-refractivity contribution >= 4 is 0 Å². The number of ether oxygens (including phenoxy) is 1. The van der Waals surface area contributed by atoms with Crippen LogP contribution >= 0.6 is 0 Å². The van der Waals surface area contributed by atoms with Gasteiger partial charge in [-0.3, -0.25) is 0 Å². The van der Waals surface area contributed by atoms with E-state index < -0.39 is 0 Å². The Bertz CT molecular complexity index is 363. The lowest BCUT2D eigenvalue weighted by molar-refractivity contribution is 0.321. The molecule has 0 unspecified atom stereocenters. The standard InChI is InChI=1S/C15H24N2O/c1-3-18-15-6-4-5-13(11-15)12-16-9-10-17(2)14-7-8-14/h4-6,11,14,16H,3,7-10,12H2,1-2H3. The zero-order valence-electron chi connectivity index (χ0n) is 11.5. The first-order chi connectivity index (χ1) is 8.79. The summed E-state index contributed by atoms with van der Waals surface area (Å²) >= 11 is 0. The zero-order chi connectivity index (χ0) is 12.8. The van der Waals surface area contributed by atoms with Crippen LogP contribution in [0.1, 0.15) is 25.3 Å². The summed E-state index contributed by atoms with van der Waals surface area (Å²) in [7, 11) is 2.22. The highest BCUT2D eigenvalue weighted by molar-refractivity contribution is 5.28. The summed E-state index contributed by atoms with van der Waals surface area (Å²) in [6, 6.07) is 9.17. The van der Waals surface area contributed by atoms with Crippen LogP contribution in [0.3, 0.4) is 0 Å². The SMILES string of the molecule is CCOc1cccc(CNCCN(C)C2CC2)c1. The van der Waals surface area contributed by atoms with Crippen molar-refractivity contribution in [1.29, 1.82) is 0 Å². The first kappa shape index (κ1) is 13.4. The minimum Gasteiger partial charge on any atom is -0.494 e. The molecule has 1 aromatic carbocycles. The number of nitrogens with one attached hydrogen (secondary N) is 1. The number of hydrogen-bond acceptors (Lipinski definition) is 3. The van der Waals surface area contributed by atoms with E-state index in [-0.39, 0.29) is 0 Å². The summed E-state index contributed by atoms with van der Waals surface area (Å²) < 4.78 is 5.49. The van der Waals surface area contributed by atoms with Crippen molar-refractivity contribution in [3.8, 4) is 5.75 Å². The Hall–Kier alpha value is -1.06. The van der Waals surface area contributed by atoms with Crippen LogP contribution in [0.5, 0.6) is 5.75 Å². The van der Waals surface area contributed by atoms with Crippen LogP contribution in [0.2, 0.25) is 0 Å². The van der Waals surface area contributed by atoms with E-state index in [2.05, 4.69) is 35.5 Å². The largest absolute Gasteiger partial charge is 0.494 e. The van der Waals surface area contributed by atoms with Gasteiger partial charge in [0.1, 0.15) is 5.75 Å². The van der Waals surface area contributed by atoms with Crippen molar-refractivity contribution in [3.05, 3.63) is 29.8 Å². The minimum atomic E-state index is 0.725. The molecule has 0 aromatic heterocycles. The van der Waals surface area contributed by atoms with Crippen LogP contribution in [0.25, 0.3) is 0 Å². The molecule has 1 aliphatic rings. The predicted octanol–water partition coefficient (Wildman–Crippen LogP) is 2.27. The average Bonchev–Trinajstić information content (AvgIpc) is 3.19. The Morgan fingerprint density at radius 1 is 1.39 bits per heavy atom. The van der Waals surface area contributed by atoms with Crippen molar-refractivity contribution < 1.29 is 4.74 Å². The Balaban J connectivity index is 1.67. The Morgan fingerprint density at radius 3 is 2.94 bits per heavy atom. The smallest absolute Gasteiger partial charge is 0.119 e. The summed E-state index contributed by atoms with van der Waals surface area (Å²) in [5, 5.41) is 3.49. The molecule has 1 aromatic rings. The molecule has 100 valence electrons. The molecule has 3 nitrogen and oxygen atoms in total. The van der Waals surface area contributed by atoms with Crippen LogP contribution in [0.4, 0.5) is 0 Å². The molecule has 0 radical (unpaired) electrons. The van der Waals surface area contributed by atoms with Crippen LogP contribution in [-0.4, -0.2) is 37.7 Å². The molecule has 0 aliphatic heterocycles. The molecule has 0 atom stereocenters. The number of likely N-dealkylation sites (N-methyl/N-ethyl adjacent to an activating group) is 1. The highest BCUT2D eigenvalue weighted by atomic mass is 16.5. The van der Waals surface area contributed by atoms with Crippen molar-refractivity contribution in [2.45, 2.75) is 32.4 Å². The van der Waals surface area contributed by atoms with E-state index in [1.807, 2.05) is 13.0 Å². The lowest BCUT2D eigenvalue weighted by Gasteiger charge is -2.15. The van der Waals surface area contributed by atoms with E-state index >= 15 is 0 Å². The van der Waals surface area contributed by atoms with Gasteiger partial charge in [0.05, 0.1) is 6.61 Å². The van der Waals surface area contributed by atoms with E-state index in [4.69, 9.17) is 4.74 Å². The van der Waals surface area contributed by atoms with Gasteiger partial charge in [-0.05, 0) is 44.5 Å². The van der Waals surface area contributed by atoms with E-state index in [0.29, 0.717) is 0 Å². The molecule has 1 N–H and O–H groups in total. The molecule has 1 aliphatic carbocycles. The van der Waals surface area contributed by atoms with E-state index in [1.54, 1.807) is 0 Å². The highest BCUT2D eigenvalue weighted by Gasteiger charge is 2.25. The topological polar surface area (TPSA) is 24.5 Å². The highest BCUT2D eigenvalue weighted by Crippen LogP contribution is 2.24. The second-order valence-corrected chi connectivity index (χ2v) is 4.97. The second kappa shape index (κ2) is 6.76.